The molecule has 0 saturated heterocycles. The van der Waals surface area contributed by atoms with Gasteiger partial charge in [0.2, 0.25) is 0 Å². The average Bonchev–Trinajstić information content (AvgIpc) is 2.54. The van der Waals surface area contributed by atoms with Gasteiger partial charge in [-0.1, -0.05) is 29.3 Å². The number of halogens is 3. The third kappa shape index (κ3) is 5.68. The molecular weight excluding hydrogens is 356 g/mol. The molecule has 24 heavy (non-hydrogen) atoms. The first-order chi connectivity index (χ1) is 11.4. The topological polar surface area (TPSA) is 55.4 Å². The lowest BCUT2D eigenvalue weighted by molar-refractivity contribution is -0.142. The smallest absolute Gasteiger partial charge is 0.331 e. The molecule has 124 valence electrons. The van der Waals surface area contributed by atoms with Gasteiger partial charge < -0.3 is 10.1 Å². The van der Waals surface area contributed by atoms with Crippen molar-refractivity contribution in [3.63, 3.8) is 0 Å². The Kier molecular flexibility index (Phi) is 6.35. The molecule has 0 aliphatic heterocycles. The van der Waals surface area contributed by atoms with Gasteiger partial charge in [0.25, 0.3) is 5.91 Å². The summed E-state index contributed by atoms with van der Waals surface area (Å²) in [6.07, 6.45) is 2.61. The lowest BCUT2D eigenvalue weighted by atomic mass is 10.2. The number of carbonyl (C=O) groups excluding carboxylic acids is 2. The highest BCUT2D eigenvalue weighted by molar-refractivity contribution is 6.35. The fourth-order valence-corrected chi connectivity index (χ4v) is 2.18. The van der Waals surface area contributed by atoms with Crippen LogP contribution in [0.1, 0.15) is 5.56 Å². The van der Waals surface area contributed by atoms with Crippen molar-refractivity contribution in [3.8, 4) is 0 Å². The molecule has 0 fully saturated rings. The van der Waals surface area contributed by atoms with Gasteiger partial charge in [-0.2, -0.15) is 0 Å². The Bertz CT molecular complexity index is 776. The number of hydrogen-bond donors (Lipinski definition) is 1. The van der Waals surface area contributed by atoms with Crippen LogP contribution in [-0.4, -0.2) is 18.5 Å². The summed E-state index contributed by atoms with van der Waals surface area (Å²) < 4.78 is 17.6. The van der Waals surface area contributed by atoms with Crippen molar-refractivity contribution in [2.24, 2.45) is 0 Å². The summed E-state index contributed by atoms with van der Waals surface area (Å²) in [5, 5.41) is 3.34. The van der Waals surface area contributed by atoms with E-state index >= 15 is 0 Å². The minimum absolute atomic E-state index is 0.389. The van der Waals surface area contributed by atoms with Gasteiger partial charge in [-0.3, -0.25) is 4.79 Å². The Morgan fingerprint density at radius 2 is 1.83 bits per heavy atom. The van der Waals surface area contributed by atoms with Crippen LogP contribution in [-0.2, 0) is 14.3 Å². The average molecular weight is 368 g/mol. The summed E-state index contributed by atoms with van der Waals surface area (Å²) >= 11 is 11.7. The number of carbonyl (C=O) groups is 2. The van der Waals surface area contributed by atoms with Crippen LogP contribution in [0.2, 0.25) is 10.0 Å². The number of amides is 1. The molecule has 0 aromatic heterocycles. The number of esters is 1. The number of anilines is 1. The summed E-state index contributed by atoms with van der Waals surface area (Å²) in [5.41, 5.74) is 0.995. The summed E-state index contributed by atoms with van der Waals surface area (Å²) in [6.45, 7) is -0.463. The zero-order valence-electron chi connectivity index (χ0n) is 12.3. The SMILES string of the molecule is O=C(COC(=O)C=Cc1ccc(Cl)cc1Cl)Nc1ccc(F)cc1. The number of ether oxygens (including phenoxy) is 1. The summed E-state index contributed by atoms with van der Waals surface area (Å²) in [5.74, 6) is -1.64. The van der Waals surface area contributed by atoms with E-state index in [0.29, 0.717) is 21.3 Å². The van der Waals surface area contributed by atoms with E-state index in [4.69, 9.17) is 27.9 Å². The van der Waals surface area contributed by atoms with Gasteiger partial charge in [0.1, 0.15) is 5.82 Å². The van der Waals surface area contributed by atoms with E-state index in [1.807, 2.05) is 0 Å². The van der Waals surface area contributed by atoms with Gasteiger partial charge in [0.05, 0.1) is 0 Å². The highest BCUT2D eigenvalue weighted by atomic mass is 35.5. The Balaban J connectivity index is 1.83. The molecule has 1 N–H and O–H groups in total. The van der Waals surface area contributed by atoms with Crippen molar-refractivity contribution in [2.45, 2.75) is 0 Å². The van der Waals surface area contributed by atoms with Gasteiger partial charge in [-0.05, 0) is 48.0 Å². The molecule has 0 bridgehead atoms. The number of nitrogens with one attached hydrogen (secondary N) is 1. The van der Waals surface area contributed by atoms with Crippen LogP contribution in [0.15, 0.2) is 48.5 Å². The third-order valence-electron chi connectivity index (χ3n) is 2.83. The second-order valence-corrected chi connectivity index (χ2v) is 5.51. The van der Waals surface area contributed by atoms with Crippen molar-refractivity contribution < 1.29 is 18.7 Å². The first-order valence-corrected chi connectivity index (χ1v) is 7.55. The fourth-order valence-electron chi connectivity index (χ4n) is 1.71. The van der Waals surface area contributed by atoms with Crippen LogP contribution in [0, 0.1) is 5.82 Å². The maximum absolute atomic E-state index is 12.7. The highest BCUT2D eigenvalue weighted by Crippen LogP contribution is 2.21. The molecule has 0 aliphatic carbocycles. The maximum atomic E-state index is 12.7. The molecule has 0 spiro atoms. The molecule has 2 aromatic carbocycles. The Labute approximate surface area is 147 Å². The lowest BCUT2D eigenvalue weighted by Gasteiger charge is -2.05. The summed E-state index contributed by atoms with van der Waals surface area (Å²) in [4.78, 5) is 23.2. The van der Waals surface area contributed by atoms with E-state index < -0.39 is 24.3 Å². The zero-order valence-corrected chi connectivity index (χ0v) is 13.8. The Hall–Kier alpha value is -2.37. The number of benzene rings is 2. The van der Waals surface area contributed by atoms with Gasteiger partial charge in [0, 0.05) is 21.8 Å². The normalized spacial score (nSPS) is 10.6. The van der Waals surface area contributed by atoms with Crippen LogP contribution in [0.3, 0.4) is 0 Å². The lowest BCUT2D eigenvalue weighted by Crippen LogP contribution is -2.20. The van der Waals surface area contributed by atoms with E-state index in [-0.39, 0.29) is 0 Å². The van der Waals surface area contributed by atoms with Crippen LogP contribution in [0.5, 0.6) is 0 Å². The summed E-state index contributed by atoms with van der Waals surface area (Å²) in [7, 11) is 0. The standard InChI is InChI=1S/C17H12Cl2FNO3/c18-12-3-1-11(15(19)9-12)2-8-17(23)24-10-16(22)21-14-6-4-13(20)5-7-14/h1-9H,10H2,(H,21,22). The molecule has 0 radical (unpaired) electrons. The maximum Gasteiger partial charge on any atom is 0.331 e. The van der Waals surface area contributed by atoms with Gasteiger partial charge >= 0.3 is 5.97 Å². The van der Waals surface area contributed by atoms with Gasteiger partial charge in [-0.25, -0.2) is 9.18 Å². The quantitative estimate of drug-likeness (QED) is 0.632. The Morgan fingerprint density at radius 1 is 1.12 bits per heavy atom. The van der Waals surface area contributed by atoms with Crippen molar-refractivity contribution in [2.75, 3.05) is 11.9 Å². The monoisotopic (exact) mass is 367 g/mol. The van der Waals surface area contributed by atoms with Crippen molar-refractivity contribution >= 4 is 46.8 Å². The molecule has 1 amide bonds. The Morgan fingerprint density at radius 3 is 2.50 bits per heavy atom. The summed E-state index contributed by atoms with van der Waals surface area (Å²) in [6, 6.07) is 10.0. The highest BCUT2D eigenvalue weighted by Gasteiger charge is 2.06. The zero-order chi connectivity index (χ0) is 17.5. The van der Waals surface area contributed by atoms with Gasteiger partial charge in [0.15, 0.2) is 6.61 Å². The van der Waals surface area contributed by atoms with E-state index in [2.05, 4.69) is 5.32 Å². The molecule has 0 atom stereocenters. The van der Waals surface area contributed by atoms with E-state index in [1.54, 1.807) is 18.2 Å². The first-order valence-electron chi connectivity index (χ1n) is 6.79. The molecule has 0 aliphatic rings. The van der Waals surface area contributed by atoms with E-state index in [1.165, 1.54) is 30.3 Å². The molecule has 2 rings (SSSR count). The number of hydrogen-bond acceptors (Lipinski definition) is 3. The van der Waals surface area contributed by atoms with Crippen LogP contribution in [0.4, 0.5) is 10.1 Å². The fraction of sp³-hybridized carbons (Fsp3) is 0.0588. The third-order valence-corrected chi connectivity index (χ3v) is 3.40. The molecule has 0 unspecified atom stereocenters. The predicted molar refractivity (Wildman–Crippen MR) is 91.5 cm³/mol. The second kappa shape index (κ2) is 8.47. The largest absolute Gasteiger partial charge is 0.452 e. The minimum Gasteiger partial charge on any atom is -0.452 e. The molecule has 7 heteroatoms. The first kappa shape index (κ1) is 18.0. The molecule has 0 heterocycles. The van der Waals surface area contributed by atoms with Crippen LogP contribution in [0.25, 0.3) is 6.08 Å². The number of rotatable bonds is 5. The molecular formula is C17H12Cl2FNO3. The molecule has 2 aromatic rings. The van der Waals surface area contributed by atoms with E-state index in [0.717, 1.165) is 6.08 Å². The van der Waals surface area contributed by atoms with Gasteiger partial charge in [-0.15, -0.1) is 0 Å². The van der Waals surface area contributed by atoms with Crippen molar-refractivity contribution in [1.82, 2.24) is 0 Å². The minimum atomic E-state index is -0.699. The molecule has 4 nitrogen and oxygen atoms in total. The van der Waals surface area contributed by atoms with Crippen LogP contribution >= 0.6 is 23.2 Å². The predicted octanol–water partition coefficient (Wildman–Crippen LogP) is 4.33. The molecule has 0 saturated carbocycles. The van der Waals surface area contributed by atoms with E-state index in [9.17, 15) is 14.0 Å². The second-order valence-electron chi connectivity index (χ2n) is 4.66. The van der Waals surface area contributed by atoms with Crippen molar-refractivity contribution in [1.29, 1.82) is 0 Å². The van der Waals surface area contributed by atoms with Crippen LogP contribution < -0.4 is 5.32 Å². The van der Waals surface area contributed by atoms with Crippen molar-refractivity contribution in [3.05, 3.63) is 70.0 Å².